The highest BCUT2D eigenvalue weighted by atomic mass is 19.1. The van der Waals surface area contributed by atoms with E-state index in [1.54, 1.807) is 17.0 Å². The molecule has 7 heteroatoms. The highest BCUT2D eigenvalue weighted by molar-refractivity contribution is 5.96. The van der Waals surface area contributed by atoms with E-state index in [0.29, 0.717) is 44.8 Å². The molecule has 0 aliphatic carbocycles. The fourth-order valence-electron chi connectivity index (χ4n) is 4.76. The summed E-state index contributed by atoms with van der Waals surface area (Å²) in [6.07, 6.45) is 0.900. The minimum atomic E-state index is -0.249. The number of hydrogen-bond donors (Lipinski definition) is 0. The third-order valence-electron chi connectivity index (χ3n) is 6.71. The number of urea groups is 1. The predicted octanol–water partition coefficient (Wildman–Crippen LogP) is 4.62. The molecule has 0 spiro atoms. The molecule has 3 aromatic rings. The zero-order valence-corrected chi connectivity index (χ0v) is 19.6. The van der Waals surface area contributed by atoms with Crippen LogP contribution < -0.4 is 9.80 Å². The number of anilines is 2. The van der Waals surface area contributed by atoms with Gasteiger partial charge in [0.25, 0.3) is 5.91 Å². The molecule has 0 radical (unpaired) electrons. The normalized spacial score (nSPS) is 16.5. The van der Waals surface area contributed by atoms with Gasteiger partial charge in [-0.3, -0.25) is 9.69 Å². The summed E-state index contributed by atoms with van der Waals surface area (Å²) in [4.78, 5) is 33.9. The topological polar surface area (TPSA) is 47.1 Å². The average Bonchev–Trinajstić information content (AvgIpc) is 2.91. The lowest BCUT2D eigenvalue weighted by atomic mass is 10.1. The number of benzene rings is 3. The number of hydrogen-bond acceptors (Lipinski definition) is 3. The molecule has 3 amide bonds. The number of piperazine rings is 1. The zero-order chi connectivity index (χ0) is 24.2. The Bertz CT molecular complexity index is 1160. The number of rotatable bonds is 5. The molecule has 2 heterocycles. The Morgan fingerprint density at radius 3 is 2.09 bits per heavy atom. The molecule has 0 bridgehead atoms. The van der Waals surface area contributed by atoms with Crippen LogP contribution in [0.4, 0.5) is 20.6 Å². The van der Waals surface area contributed by atoms with Gasteiger partial charge in [0, 0.05) is 62.8 Å². The lowest BCUT2D eigenvalue weighted by Crippen LogP contribution is -2.49. The van der Waals surface area contributed by atoms with Crippen LogP contribution in [0.5, 0.6) is 0 Å². The first-order chi connectivity index (χ1) is 17.1. The van der Waals surface area contributed by atoms with Crippen molar-refractivity contribution in [3.05, 3.63) is 95.8 Å². The molecular weight excluding hydrogens is 443 g/mol. The van der Waals surface area contributed by atoms with Crippen LogP contribution in [0.15, 0.2) is 78.9 Å². The van der Waals surface area contributed by atoms with E-state index in [-0.39, 0.29) is 17.8 Å². The lowest BCUT2D eigenvalue weighted by Gasteiger charge is -2.36. The number of carbonyl (C=O) groups excluding carboxylic acids is 2. The summed E-state index contributed by atoms with van der Waals surface area (Å²) < 4.78 is 13.2. The van der Waals surface area contributed by atoms with Crippen LogP contribution in [0.1, 0.15) is 22.3 Å². The Kier molecular flexibility index (Phi) is 6.66. The van der Waals surface area contributed by atoms with Crippen molar-refractivity contribution in [1.29, 1.82) is 0 Å². The van der Waals surface area contributed by atoms with E-state index in [4.69, 9.17) is 0 Å². The average molecular weight is 473 g/mol. The number of nitrogens with zero attached hydrogens (tertiary/aromatic N) is 4. The lowest BCUT2D eigenvalue weighted by molar-refractivity contribution is 0.0747. The van der Waals surface area contributed by atoms with Crippen molar-refractivity contribution in [2.24, 2.45) is 0 Å². The first-order valence-corrected chi connectivity index (χ1v) is 12.1. The van der Waals surface area contributed by atoms with E-state index in [9.17, 15) is 14.0 Å². The smallest absolute Gasteiger partial charge is 0.324 e. The number of amides is 3. The minimum Gasteiger partial charge on any atom is -0.368 e. The summed E-state index contributed by atoms with van der Waals surface area (Å²) in [6, 6.07) is 23.8. The van der Waals surface area contributed by atoms with E-state index in [1.807, 2.05) is 64.4 Å². The van der Waals surface area contributed by atoms with Crippen molar-refractivity contribution in [3.63, 3.8) is 0 Å². The van der Waals surface area contributed by atoms with Gasteiger partial charge in [-0.1, -0.05) is 30.3 Å². The monoisotopic (exact) mass is 472 g/mol. The first-order valence-electron chi connectivity index (χ1n) is 12.1. The zero-order valence-electron chi connectivity index (χ0n) is 19.6. The summed E-state index contributed by atoms with van der Waals surface area (Å²) in [6.45, 7) is 4.63. The maximum absolute atomic E-state index is 13.2. The van der Waals surface area contributed by atoms with Gasteiger partial charge >= 0.3 is 6.03 Å². The first kappa shape index (κ1) is 22.9. The Morgan fingerprint density at radius 2 is 1.40 bits per heavy atom. The van der Waals surface area contributed by atoms with Gasteiger partial charge in [0.15, 0.2) is 0 Å². The molecule has 2 fully saturated rings. The van der Waals surface area contributed by atoms with E-state index < -0.39 is 0 Å². The van der Waals surface area contributed by atoms with E-state index in [2.05, 4.69) is 4.90 Å². The maximum atomic E-state index is 13.2. The van der Waals surface area contributed by atoms with E-state index in [0.717, 1.165) is 29.9 Å². The van der Waals surface area contributed by atoms with Crippen LogP contribution in [0, 0.1) is 5.82 Å². The molecule has 0 N–H and O–H groups in total. The van der Waals surface area contributed by atoms with Gasteiger partial charge in [-0.25, -0.2) is 9.18 Å². The molecule has 0 atom stereocenters. The third-order valence-corrected chi connectivity index (χ3v) is 6.71. The fraction of sp³-hybridized carbons (Fsp3) is 0.286. The summed E-state index contributed by atoms with van der Waals surface area (Å²) in [7, 11) is 0. The van der Waals surface area contributed by atoms with Crippen molar-refractivity contribution in [1.82, 2.24) is 9.80 Å². The largest absolute Gasteiger partial charge is 0.368 e. The molecule has 35 heavy (non-hydrogen) atoms. The number of halogens is 1. The summed E-state index contributed by atoms with van der Waals surface area (Å²) in [5.41, 5.74) is 3.51. The maximum Gasteiger partial charge on any atom is 0.324 e. The molecule has 0 aromatic heterocycles. The molecule has 0 unspecified atom stereocenters. The van der Waals surface area contributed by atoms with Gasteiger partial charge in [0.2, 0.25) is 0 Å². The molecule has 3 aromatic carbocycles. The molecular formula is C28H29FN4O2. The van der Waals surface area contributed by atoms with Gasteiger partial charge in [-0.05, 0) is 60.5 Å². The van der Waals surface area contributed by atoms with Crippen molar-refractivity contribution in [3.8, 4) is 0 Å². The highest BCUT2D eigenvalue weighted by Gasteiger charge is 2.27. The van der Waals surface area contributed by atoms with E-state index >= 15 is 0 Å². The van der Waals surface area contributed by atoms with Crippen LogP contribution in [0.3, 0.4) is 0 Å². The van der Waals surface area contributed by atoms with Crippen LogP contribution in [-0.2, 0) is 6.54 Å². The van der Waals surface area contributed by atoms with Crippen LogP contribution in [-0.4, -0.2) is 61.0 Å². The molecule has 0 saturated carbocycles. The predicted molar refractivity (Wildman–Crippen MR) is 135 cm³/mol. The molecule has 5 rings (SSSR count). The summed E-state index contributed by atoms with van der Waals surface area (Å²) >= 11 is 0. The summed E-state index contributed by atoms with van der Waals surface area (Å²) in [5, 5.41) is 0. The fourth-order valence-corrected chi connectivity index (χ4v) is 4.76. The Morgan fingerprint density at radius 1 is 0.743 bits per heavy atom. The third kappa shape index (κ3) is 5.14. The summed E-state index contributed by atoms with van der Waals surface area (Å²) in [5.74, 6) is -0.257. The van der Waals surface area contributed by atoms with Gasteiger partial charge < -0.3 is 14.7 Å². The van der Waals surface area contributed by atoms with Gasteiger partial charge in [-0.15, -0.1) is 0 Å². The van der Waals surface area contributed by atoms with Crippen LogP contribution in [0.25, 0.3) is 0 Å². The van der Waals surface area contributed by atoms with Crippen molar-refractivity contribution in [2.45, 2.75) is 13.0 Å². The Balaban J connectivity index is 1.19. The molecule has 2 aliphatic heterocycles. The quantitative estimate of drug-likeness (QED) is 0.545. The standard InChI is InChI=1S/C28H29FN4O2/c29-24-9-13-25(14-10-24)30-17-19-31(20-18-30)27(34)23-7-11-26(12-8-23)33-16-4-15-32(28(33)35)21-22-5-2-1-3-6-22/h1-3,5-14H,4,15-21H2. The second-order valence-electron chi connectivity index (χ2n) is 9.00. The molecule has 2 saturated heterocycles. The van der Waals surface area contributed by atoms with Crippen molar-refractivity contribution < 1.29 is 14.0 Å². The second kappa shape index (κ2) is 10.2. The SMILES string of the molecule is O=C(c1ccc(N2CCCN(Cc3ccccc3)C2=O)cc1)N1CCN(c2ccc(F)cc2)CC1. The van der Waals surface area contributed by atoms with Crippen molar-refractivity contribution in [2.75, 3.05) is 49.1 Å². The Labute approximate surface area is 205 Å². The van der Waals surface area contributed by atoms with Crippen molar-refractivity contribution >= 4 is 23.3 Å². The van der Waals surface area contributed by atoms with Gasteiger partial charge in [-0.2, -0.15) is 0 Å². The molecule has 180 valence electrons. The van der Waals surface area contributed by atoms with Crippen LogP contribution in [0.2, 0.25) is 0 Å². The Hall–Kier alpha value is -3.87. The number of carbonyl (C=O) groups is 2. The van der Waals surface area contributed by atoms with Gasteiger partial charge in [0.05, 0.1) is 0 Å². The van der Waals surface area contributed by atoms with E-state index in [1.165, 1.54) is 12.1 Å². The van der Waals surface area contributed by atoms with Crippen LogP contribution >= 0.6 is 0 Å². The van der Waals surface area contributed by atoms with Gasteiger partial charge in [0.1, 0.15) is 5.82 Å². The minimum absolute atomic E-state index is 0.00362. The molecule has 2 aliphatic rings. The highest BCUT2D eigenvalue weighted by Crippen LogP contribution is 2.23. The molecule has 6 nitrogen and oxygen atoms in total. The second-order valence-corrected chi connectivity index (χ2v) is 9.00.